The van der Waals surface area contributed by atoms with Crippen LogP contribution in [0.25, 0.3) is 0 Å². The second-order valence-electron chi connectivity index (χ2n) is 4.34. The summed E-state index contributed by atoms with van der Waals surface area (Å²) in [6.07, 6.45) is -5.75. The minimum Gasteiger partial charge on any atom is -0.481 e. The normalized spacial score (nSPS) is 12.5. The molecule has 0 saturated heterocycles. The van der Waals surface area contributed by atoms with Gasteiger partial charge in [0.05, 0.1) is 11.1 Å². The standard InChI is InChI=1S/C13H12F3NO5/c14-13(15,16)8-4-2-1-3-7(8)11(20)17-9(12(21)22)5-6-10(18)19/h1-4,9H,5-6H2,(H,17,20)(H,18,19)(H,21,22). The smallest absolute Gasteiger partial charge is 0.417 e. The number of aliphatic carboxylic acids is 2. The van der Waals surface area contributed by atoms with Crippen LogP contribution in [0.4, 0.5) is 13.2 Å². The molecule has 1 amide bonds. The third kappa shape index (κ3) is 4.76. The summed E-state index contributed by atoms with van der Waals surface area (Å²) >= 11 is 0. The van der Waals surface area contributed by atoms with E-state index >= 15 is 0 Å². The topological polar surface area (TPSA) is 104 Å². The SMILES string of the molecule is O=C(O)CCC(NC(=O)c1ccccc1C(F)(F)F)C(=O)O. The molecule has 6 nitrogen and oxygen atoms in total. The summed E-state index contributed by atoms with van der Waals surface area (Å²) in [5, 5.41) is 19.3. The first-order valence-electron chi connectivity index (χ1n) is 6.04. The molecule has 1 aromatic rings. The van der Waals surface area contributed by atoms with Gasteiger partial charge in [0.1, 0.15) is 6.04 Å². The van der Waals surface area contributed by atoms with Crippen molar-refractivity contribution in [1.82, 2.24) is 5.32 Å². The summed E-state index contributed by atoms with van der Waals surface area (Å²) in [6, 6.07) is 2.32. The summed E-state index contributed by atoms with van der Waals surface area (Å²) in [6.45, 7) is 0. The van der Waals surface area contributed by atoms with E-state index in [0.717, 1.165) is 12.1 Å². The van der Waals surface area contributed by atoms with E-state index in [-0.39, 0.29) is 0 Å². The Morgan fingerprint density at radius 2 is 1.73 bits per heavy atom. The number of rotatable bonds is 6. The van der Waals surface area contributed by atoms with Crippen LogP contribution >= 0.6 is 0 Å². The number of nitrogens with one attached hydrogen (secondary N) is 1. The van der Waals surface area contributed by atoms with Crippen molar-refractivity contribution >= 4 is 17.8 Å². The maximum atomic E-state index is 12.8. The molecule has 1 aromatic carbocycles. The molecule has 0 aliphatic carbocycles. The van der Waals surface area contributed by atoms with Gasteiger partial charge in [-0.05, 0) is 18.6 Å². The summed E-state index contributed by atoms with van der Waals surface area (Å²) < 4.78 is 38.4. The van der Waals surface area contributed by atoms with Crippen molar-refractivity contribution < 1.29 is 37.8 Å². The summed E-state index contributed by atoms with van der Waals surface area (Å²) in [7, 11) is 0. The van der Waals surface area contributed by atoms with E-state index in [1.165, 1.54) is 6.07 Å². The number of benzene rings is 1. The van der Waals surface area contributed by atoms with E-state index in [0.29, 0.717) is 6.07 Å². The molecule has 22 heavy (non-hydrogen) atoms. The number of hydrogen-bond acceptors (Lipinski definition) is 3. The van der Waals surface area contributed by atoms with Crippen LogP contribution in [0.15, 0.2) is 24.3 Å². The zero-order valence-electron chi connectivity index (χ0n) is 11.1. The molecule has 0 radical (unpaired) electrons. The molecule has 0 heterocycles. The molecule has 3 N–H and O–H groups in total. The van der Waals surface area contributed by atoms with Gasteiger partial charge in [-0.25, -0.2) is 4.79 Å². The molecule has 0 bridgehead atoms. The first-order valence-corrected chi connectivity index (χ1v) is 6.04. The minimum absolute atomic E-state index is 0.440. The maximum Gasteiger partial charge on any atom is 0.417 e. The van der Waals surface area contributed by atoms with Crippen LogP contribution in [0.1, 0.15) is 28.8 Å². The zero-order valence-corrected chi connectivity index (χ0v) is 11.1. The summed E-state index contributed by atoms with van der Waals surface area (Å²) in [5.74, 6) is -4.04. The second-order valence-corrected chi connectivity index (χ2v) is 4.34. The van der Waals surface area contributed by atoms with Gasteiger partial charge in [-0.15, -0.1) is 0 Å². The lowest BCUT2D eigenvalue weighted by atomic mass is 10.1. The molecule has 0 aliphatic rings. The number of carbonyl (C=O) groups is 3. The van der Waals surface area contributed by atoms with Crippen LogP contribution in [0.3, 0.4) is 0 Å². The van der Waals surface area contributed by atoms with Crippen LogP contribution < -0.4 is 5.32 Å². The largest absolute Gasteiger partial charge is 0.481 e. The third-order valence-electron chi connectivity index (χ3n) is 2.73. The second kappa shape index (κ2) is 6.92. The van der Waals surface area contributed by atoms with Gasteiger partial charge in [0.15, 0.2) is 0 Å². The molecule has 0 fully saturated rings. The van der Waals surface area contributed by atoms with Crippen molar-refractivity contribution in [3.05, 3.63) is 35.4 Å². The van der Waals surface area contributed by atoms with Crippen molar-refractivity contribution in [1.29, 1.82) is 0 Å². The Hall–Kier alpha value is -2.58. The van der Waals surface area contributed by atoms with Crippen LogP contribution in [-0.2, 0) is 15.8 Å². The predicted octanol–water partition coefficient (Wildman–Crippen LogP) is 1.75. The van der Waals surface area contributed by atoms with Gasteiger partial charge in [-0.2, -0.15) is 13.2 Å². The molecule has 0 saturated carbocycles. The molecule has 0 spiro atoms. The minimum atomic E-state index is -4.77. The van der Waals surface area contributed by atoms with Gasteiger partial charge in [0.25, 0.3) is 5.91 Å². The highest BCUT2D eigenvalue weighted by Crippen LogP contribution is 2.31. The number of carboxylic acid groups (broad SMARTS) is 2. The van der Waals surface area contributed by atoms with Gasteiger partial charge in [0.2, 0.25) is 0 Å². The average molecular weight is 319 g/mol. The number of carboxylic acids is 2. The Kier molecular flexibility index (Phi) is 5.50. The molecule has 0 aliphatic heterocycles. The Balaban J connectivity index is 2.96. The first kappa shape index (κ1) is 17.5. The fourth-order valence-corrected chi connectivity index (χ4v) is 1.69. The van der Waals surface area contributed by atoms with Gasteiger partial charge >= 0.3 is 18.1 Å². The molecule has 9 heteroatoms. The highest BCUT2D eigenvalue weighted by atomic mass is 19.4. The van der Waals surface area contributed by atoms with Crippen molar-refractivity contribution in [3.63, 3.8) is 0 Å². The van der Waals surface area contributed by atoms with Gasteiger partial charge < -0.3 is 15.5 Å². The fourth-order valence-electron chi connectivity index (χ4n) is 1.69. The molecule has 120 valence electrons. The van der Waals surface area contributed by atoms with Crippen molar-refractivity contribution in [2.75, 3.05) is 0 Å². The Morgan fingerprint density at radius 1 is 1.14 bits per heavy atom. The quantitative estimate of drug-likeness (QED) is 0.741. The number of halogens is 3. The zero-order chi connectivity index (χ0) is 16.9. The lowest BCUT2D eigenvalue weighted by Gasteiger charge is -2.16. The van der Waals surface area contributed by atoms with Crippen LogP contribution in [0.5, 0.6) is 0 Å². The van der Waals surface area contributed by atoms with Gasteiger partial charge in [0, 0.05) is 6.42 Å². The average Bonchev–Trinajstić information content (AvgIpc) is 2.41. The maximum absolute atomic E-state index is 12.8. The predicted molar refractivity (Wildman–Crippen MR) is 67.2 cm³/mol. The molecular weight excluding hydrogens is 307 g/mol. The van der Waals surface area contributed by atoms with E-state index in [9.17, 15) is 27.6 Å². The van der Waals surface area contributed by atoms with Crippen LogP contribution in [0.2, 0.25) is 0 Å². The van der Waals surface area contributed by atoms with Gasteiger partial charge in [-0.1, -0.05) is 12.1 Å². The number of amides is 1. The molecule has 1 atom stereocenters. The summed E-state index contributed by atoms with van der Waals surface area (Å²) in [4.78, 5) is 33.2. The third-order valence-corrected chi connectivity index (χ3v) is 2.73. The lowest BCUT2D eigenvalue weighted by Crippen LogP contribution is -2.41. The first-order chi connectivity index (χ1) is 10.1. The fraction of sp³-hybridized carbons (Fsp3) is 0.308. The van der Waals surface area contributed by atoms with Crippen molar-refractivity contribution in [2.45, 2.75) is 25.1 Å². The van der Waals surface area contributed by atoms with E-state index in [1.807, 2.05) is 5.32 Å². The molecule has 1 rings (SSSR count). The van der Waals surface area contributed by atoms with Crippen molar-refractivity contribution in [3.8, 4) is 0 Å². The van der Waals surface area contributed by atoms with Crippen LogP contribution in [-0.4, -0.2) is 34.1 Å². The number of alkyl halides is 3. The monoisotopic (exact) mass is 319 g/mol. The summed E-state index contributed by atoms with van der Waals surface area (Å²) in [5.41, 5.74) is -1.92. The molecular formula is C13H12F3NO5. The van der Waals surface area contributed by atoms with Crippen molar-refractivity contribution in [2.24, 2.45) is 0 Å². The Morgan fingerprint density at radius 3 is 2.23 bits per heavy atom. The molecule has 1 unspecified atom stereocenters. The highest BCUT2D eigenvalue weighted by Gasteiger charge is 2.35. The number of carbonyl (C=O) groups excluding carboxylic acids is 1. The van der Waals surface area contributed by atoms with E-state index in [2.05, 4.69) is 0 Å². The van der Waals surface area contributed by atoms with Crippen LogP contribution in [0, 0.1) is 0 Å². The number of hydrogen-bond donors (Lipinski definition) is 3. The molecule has 0 aromatic heterocycles. The van der Waals surface area contributed by atoms with E-state index in [4.69, 9.17) is 10.2 Å². The Labute approximate surface area is 122 Å². The van der Waals surface area contributed by atoms with E-state index < -0.39 is 54.0 Å². The Bertz CT molecular complexity index is 585. The van der Waals surface area contributed by atoms with Gasteiger partial charge in [-0.3, -0.25) is 9.59 Å². The highest BCUT2D eigenvalue weighted by molar-refractivity contribution is 5.98. The van der Waals surface area contributed by atoms with E-state index in [1.54, 1.807) is 0 Å². The lowest BCUT2D eigenvalue weighted by molar-refractivity contribution is -0.140.